The fourth-order valence-electron chi connectivity index (χ4n) is 2.33. The van der Waals surface area contributed by atoms with Gasteiger partial charge < -0.3 is 5.11 Å². The van der Waals surface area contributed by atoms with Crippen LogP contribution in [0, 0.1) is 10.1 Å². The maximum absolute atomic E-state index is 12.5. The lowest BCUT2D eigenvalue weighted by atomic mass is 10.1. The van der Waals surface area contributed by atoms with Crippen LogP contribution in [0.1, 0.15) is 31.2 Å². The van der Waals surface area contributed by atoms with Crippen molar-refractivity contribution < 1.29 is 19.6 Å². The molecular formula is C16H16N2O5S2. The van der Waals surface area contributed by atoms with Gasteiger partial charge in [-0.3, -0.25) is 24.6 Å². The van der Waals surface area contributed by atoms with Crippen molar-refractivity contribution in [3.63, 3.8) is 0 Å². The summed E-state index contributed by atoms with van der Waals surface area (Å²) in [5.41, 5.74) is 0.288. The second kappa shape index (κ2) is 8.72. The van der Waals surface area contributed by atoms with Gasteiger partial charge in [-0.2, -0.15) is 0 Å². The number of hydrogen-bond acceptors (Lipinski definition) is 6. The first-order chi connectivity index (χ1) is 11.9. The first-order valence-corrected chi connectivity index (χ1v) is 8.83. The first kappa shape index (κ1) is 19.1. The van der Waals surface area contributed by atoms with Crippen molar-refractivity contribution in [3.05, 3.63) is 44.8 Å². The Morgan fingerprint density at radius 2 is 2.04 bits per heavy atom. The molecule has 1 heterocycles. The van der Waals surface area contributed by atoms with Gasteiger partial charge in [0.05, 0.1) is 15.4 Å². The van der Waals surface area contributed by atoms with E-state index in [0.29, 0.717) is 40.6 Å². The van der Waals surface area contributed by atoms with Gasteiger partial charge in [-0.05, 0) is 25.0 Å². The Kier molecular flexibility index (Phi) is 6.65. The molecule has 1 saturated heterocycles. The number of nitro benzene ring substituents is 1. The van der Waals surface area contributed by atoms with Crippen LogP contribution in [-0.2, 0) is 9.59 Å². The van der Waals surface area contributed by atoms with E-state index < -0.39 is 10.9 Å². The zero-order valence-corrected chi connectivity index (χ0v) is 14.8. The molecule has 1 aliphatic rings. The fraction of sp³-hybridized carbons (Fsp3) is 0.312. The number of carboxylic acids is 1. The number of thiocarbonyl (C=S) groups is 1. The molecular weight excluding hydrogens is 364 g/mol. The lowest BCUT2D eigenvalue weighted by Crippen LogP contribution is -2.29. The van der Waals surface area contributed by atoms with E-state index in [2.05, 4.69) is 0 Å². The molecule has 0 spiro atoms. The van der Waals surface area contributed by atoms with Gasteiger partial charge in [0.25, 0.3) is 11.6 Å². The van der Waals surface area contributed by atoms with E-state index in [4.69, 9.17) is 17.3 Å². The van der Waals surface area contributed by atoms with Crippen LogP contribution in [0.25, 0.3) is 6.08 Å². The minimum Gasteiger partial charge on any atom is -0.481 e. The van der Waals surface area contributed by atoms with E-state index in [9.17, 15) is 19.7 Å². The monoisotopic (exact) mass is 380 g/mol. The van der Waals surface area contributed by atoms with Crippen molar-refractivity contribution >= 4 is 51.9 Å². The summed E-state index contributed by atoms with van der Waals surface area (Å²) in [6, 6.07) is 6.20. The number of thioether (sulfide) groups is 1. The van der Waals surface area contributed by atoms with Crippen molar-refractivity contribution in [3.8, 4) is 0 Å². The molecule has 0 saturated carbocycles. The predicted molar refractivity (Wildman–Crippen MR) is 99.1 cm³/mol. The molecule has 7 nitrogen and oxygen atoms in total. The van der Waals surface area contributed by atoms with Gasteiger partial charge in [0.2, 0.25) is 0 Å². The Balaban J connectivity index is 2.03. The number of carboxylic acid groups (broad SMARTS) is 1. The maximum Gasteiger partial charge on any atom is 0.303 e. The molecule has 0 radical (unpaired) electrons. The number of benzene rings is 1. The highest BCUT2D eigenvalue weighted by molar-refractivity contribution is 8.26. The largest absolute Gasteiger partial charge is 0.481 e. The average Bonchev–Trinajstić information content (AvgIpc) is 2.81. The van der Waals surface area contributed by atoms with Gasteiger partial charge in [-0.15, -0.1) is 0 Å². The molecule has 0 aromatic heterocycles. The van der Waals surface area contributed by atoms with Crippen LogP contribution >= 0.6 is 24.0 Å². The minimum atomic E-state index is -0.835. The van der Waals surface area contributed by atoms with Crippen LogP contribution in [0.15, 0.2) is 29.2 Å². The Morgan fingerprint density at radius 3 is 2.72 bits per heavy atom. The Labute approximate surface area is 153 Å². The molecule has 0 atom stereocenters. The molecule has 1 aromatic rings. The van der Waals surface area contributed by atoms with E-state index in [0.717, 1.165) is 11.8 Å². The van der Waals surface area contributed by atoms with Crippen molar-refractivity contribution in [2.75, 3.05) is 6.54 Å². The zero-order valence-electron chi connectivity index (χ0n) is 13.2. The highest BCUT2D eigenvalue weighted by atomic mass is 32.2. The predicted octanol–water partition coefficient (Wildman–Crippen LogP) is 3.44. The Bertz CT molecular complexity index is 748. The molecule has 0 unspecified atom stereocenters. The van der Waals surface area contributed by atoms with Gasteiger partial charge in [0, 0.05) is 19.0 Å². The SMILES string of the molecule is O=C(O)CCCCCN1C(=O)/C(=C\c2ccccc2[N+](=O)[O-])SC1=S. The molecule has 132 valence electrons. The van der Waals surface area contributed by atoms with Gasteiger partial charge in [-0.25, -0.2) is 0 Å². The van der Waals surface area contributed by atoms with Crippen LogP contribution in [0.5, 0.6) is 0 Å². The normalized spacial score (nSPS) is 15.8. The number of nitrogens with zero attached hydrogens (tertiary/aromatic N) is 2. The number of unbranched alkanes of at least 4 members (excludes halogenated alkanes) is 2. The molecule has 1 aliphatic heterocycles. The number of amides is 1. The lowest BCUT2D eigenvalue weighted by molar-refractivity contribution is -0.385. The highest BCUT2D eigenvalue weighted by Crippen LogP contribution is 2.34. The number of aliphatic carboxylic acids is 1. The van der Waals surface area contributed by atoms with Gasteiger partial charge in [-0.1, -0.05) is 42.5 Å². The van der Waals surface area contributed by atoms with Crippen LogP contribution in [-0.4, -0.2) is 37.7 Å². The minimum absolute atomic E-state index is 0.0681. The number of para-hydroxylation sites is 1. The van der Waals surface area contributed by atoms with Crippen molar-refractivity contribution in [1.82, 2.24) is 4.90 Å². The van der Waals surface area contributed by atoms with Crippen LogP contribution in [0.2, 0.25) is 0 Å². The second-order valence-corrected chi connectivity index (χ2v) is 7.03. The molecule has 0 bridgehead atoms. The maximum atomic E-state index is 12.5. The van der Waals surface area contributed by atoms with Crippen molar-refractivity contribution in [1.29, 1.82) is 0 Å². The van der Waals surface area contributed by atoms with E-state index in [1.807, 2.05) is 0 Å². The second-order valence-electron chi connectivity index (χ2n) is 5.35. The standard InChI is InChI=1S/C16H16N2O5S2/c19-14(20)8-2-1-5-9-17-15(21)13(25-16(17)24)10-11-6-3-4-7-12(11)18(22)23/h3-4,6-7,10H,1-2,5,8-9H2,(H,19,20)/b13-10+. The smallest absolute Gasteiger partial charge is 0.303 e. The molecule has 1 fully saturated rings. The van der Waals surface area contributed by atoms with E-state index >= 15 is 0 Å². The van der Waals surface area contributed by atoms with E-state index in [1.54, 1.807) is 18.2 Å². The number of nitro groups is 1. The molecule has 1 amide bonds. The molecule has 1 N–H and O–H groups in total. The third-order valence-corrected chi connectivity index (χ3v) is 4.94. The van der Waals surface area contributed by atoms with Crippen LogP contribution in [0.4, 0.5) is 5.69 Å². The van der Waals surface area contributed by atoms with Crippen LogP contribution < -0.4 is 0 Å². The van der Waals surface area contributed by atoms with Crippen LogP contribution in [0.3, 0.4) is 0 Å². The lowest BCUT2D eigenvalue weighted by Gasteiger charge is -2.13. The third-order valence-electron chi connectivity index (χ3n) is 3.57. The highest BCUT2D eigenvalue weighted by Gasteiger charge is 2.32. The van der Waals surface area contributed by atoms with Crippen molar-refractivity contribution in [2.24, 2.45) is 0 Å². The Morgan fingerprint density at radius 1 is 1.32 bits per heavy atom. The topological polar surface area (TPSA) is 101 Å². The summed E-state index contributed by atoms with van der Waals surface area (Å²) in [4.78, 5) is 35.3. The third kappa shape index (κ3) is 5.10. The average molecular weight is 380 g/mol. The molecule has 2 rings (SSSR count). The van der Waals surface area contributed by atoms with Gasteiger partial charge in [0.1, 0.15) is 4.32 Å². The zero-order chi connectivity index (χ0) is 18.4. The summed E-state index contributed by atoms with van der Waals surface area (Å²) in [5.74, 6) is -1.11. The molecule has 9 heteroatoms. The summed E-state index contributed by atoms with van der Waals surface area (Å²) < 4.78 is 0.410. The fourth-order valence-corrected chi connectivity index (χ4v) is 3.63. The van der Waals surface area contributed by atoms with E-state index in [-0.39, 0.29) is 18.0 Å². The van der Waals surface area contributed by atoms with Crippen molar-refractivity contribution in [2.45, 2.75) is 25.7 Å². The summed E-state index contributed by atoms with van der Waals surface area (Å²) in [6.45, 7) is 0.415. The summed E-state index contributed by atoms with van der Waals surface area (Å²) in [6.07, 6.45) is 3.49. The number of rotatable bonds is 8. The summed E-state index contributed by atoms with van der Waals surface area (Å²) in [5, 5.41) is 19.7. The number of carbonyl (C=O) groups is 2. The first-order valence-electron chi connectivity index (χ1n) is 7.60. The summed E-state index contributed by atoms with van der Waals surface area (Å²) >= 11 is 6.33. The quantitative estimate of drug-likeness (QED) is 0.242. The van der Waals surface area contributed by atoms with Gasteiger partial charge >= 0.3 is 5.97 Å². The molecule has 1 aromatic carbocycles. The summed E-state index contributed by atoms with van der Waals surface area (Å²) in [7, 11) is 0. The molecule has 0 aliphatic carbocycles. The number of carbonyl (C=O) groups excluding carboxylic acids is 1. The van der Waals surface area contributed by atoms with E-state index in [1.165, 1.54) is 17.0 Å². The Hall–Kier alpha value is -2.26. The number of hydrogen-bond donors (Lipinski definition) is 1. The molecule has 25 heavy (non-hydrogen) atoms. The van der Waals surface area contributed by atoms with Gasteiger partial charge in [0.15, 0.2) is 0 Å².